The zero-order valence-electron chi connectivity index (χ0n) is 14.3. The predicted molar refractivity (Wildman–Crippen MR) is 86.4 cm³/mol. The van der Waals surface area contributed by atoms with Crippen LogP contribution in [0.15, 0.2) is 24.3 Å². The number of alkyl halides is 3. The van der Waals surface area contributed by atoms with E-state index in [0.717, 1.165) is 18.7 Å². The first-order valence-electron chi connectivity index (χ1n) is 8.09. The van der Waals surface area contributed by atoms with Crippen molar-refractivity contribution in [1.82, 2.24) is 10.2 Å². The summed E-state index contributed by atoms with van der Waals surface area (Å²) >= 11 is 0. The lowest BCUT2D eigenvalue weighted by Gasteiger charge is -2.32. The molecule has 0 aromatic heterocycles. The highest BCUT2D eigenvalue weighted by molar-refractivity contribution is 5.94. The second kappa shape index (κ2) is 8.64. The Morgan fingerprint density at radius 1 is 1.40 bits per heavy atom. The minimum atomic E-state index is -4.48. The maximum Gasteiger partial charge on any atom is 0.416 e. The molecule has 1 aliphatic heterocycles. The smallest absolute Gasteiger partial charge is 0.379 e. The van der Waals surface area contributed by atoms with Gasteiger partial charge in [-0.3, -0.25) is 4.79 Å². The molecule has 1 amide bonds. The third-order valence-electron chi connectivity index (χ3n) is 3.93. The third-order valence-corrected chi connectivity index (χ3v) is 3.93. The largest absolute Gasteiger partial charge is 0.416 e. The highest BCUT2D eigenvalue weighted by Gasteiger charge is 2.32. The van der Waals surface area contributed by atoms with Crippen LogP contribution in [-0.4, -0.2) is 63.4 Å². The molecule has 0 saturated carbocycles. The molecule has 140 valence electrons. The van der Waals surface area contributed by atoms with Gasteiger partial charge in [0, 0.05) is 18.7 Å². The first kappa shape index (κ1) is 19.7. The SMILES string of the molecule is CN(C)CCO[C@H]1CCOC[C@H]1NC(=O)c1cccc(C(F)(F)F)c1. The molecule has 1 saturated heterocycles. The van der Waals surface area contributed by atoms with Gasteiger partial charge in [0.25, 0.3) is 5.91 Å². The van der Waals surface area contributed by atoms with E-state index in [9.17, 15) is 18.0 Å². The molecule has 0 unspecified atom stereocenters. The van der Waals surface area contributed by atoms with Gasteiger partial charge in [0.15, 0.2) is 0 Å². The number of hydrogen-bond acceptors (Lipinski definition) is 4. The van der Waals surface area contributed by atoms with Gasteiger partial charge in [-0.15, -0.1) is 0 Å². The van der Waals surface area contributed by atoms with Crippen molar-refractivity contribution in [3.05, 3.63) is 35.4 Å². The van der Waals surface area contributed by atoms with E-state index >= 15 is 0 Å². The van der Waals surface area contributed by atoms with Crippen LogP contribution in [0.4, 0.5) is 13.2 Å². The number of rotatable bonds is 6. The second-order valence-corrected chi connectivity index (χ2v) is 6.23. The molecule has 25 heavy (non-hydrogen) atoms. The average molecular weight is 360 g/mol. The molecule has 1 fully saturated rings. The van der Waals surface area contributed by atoms with Crippen LogP contribution in [-0.2, 0) is 15.7 Å². The molecule has 0 radical (unpaired) electrons. The van der Waals surface area contributed by atoms with Crippen LogP contribution in [0.3, 0.4) is 0 Å². The Morgan fingerprint density at radius 3 is 2.84 bits per heavy atom. The van der Waals surface area contributed by atoms with Crippen molar-refractivity contribution >= 4 is 5.91 Å². The van der Waals surface area contributed by atoms with Gasteiger partial charge in [0.05, 0.1) is 30.9 Å². The molecular formula is C17H23F3N2O3. The highest BCUT2D eigenvalue weighted by atomic mass is 19.4. The second-order valence-electron chi connectivity index (χ2n) is 6.23. The van der Waals surface area contributed by atoms with Crippen LogP contribution in [0.1, 0.15) is 22.3 Å². The Bertz CT molecular complexity index is 579. The van der Waals surface area contributed by atoms with Gasteiger partial charge in [0.2, 0.25) is 0 Å². The summed E-state index contributed by atoms with van der Waals surface area (Å²) in [5.74, 6) is -0.567. The maximum atomic E-state index is 12.8. The van der Waals surface area contributed by atoms with Crippen molar-refractivity contribution in [2.24, 2.45) is 0 Å². The van der Waals surface area contributed by atoms with Gasteiger partial charge in [0.1, 0.15) is 0 Å². The van der Waals surface area contributed by atoms with E-state index in [1.54, 1.807) is 0 Å². The number of ether oxygens (including phenoxy) is 2. The van der Waals surface area contributed by atoms with Crippen LogP contribution in [0.5, 0.6) is 0 Å². The number of hydrogen-bond donors (Lipinski definition) is 1. The maximum absolute atomic E-state index is 12.8. The molecule has 1 aliphatic rings. The van der Waals surface area contributed by atoms with E-state index in [4.69, 9.17) is 9.47 Å². The molecular weight excluding hydrogens is 337 g/mol. The average Bonchev–Trinajstić information content (AvgIpc) is 2.55. The van der Waals surface area contributed by atoms with Gasteiger partial charge in [-0.1, -0.05) is 6.07 Å². The molecule has 0 spiro atoms. The van der Waals surface area contributed by atoms with Crippen molar-refractivity contribution in [3.63, 3.8) is 0 Å². The molecule has 2 atom stereocenters. The van der Waals surface area contributed by atoms with Gasteiger partial charge >= 0.3 is 6.18 Å². The topological polar surface area (TPSA) is 50.8 Å². The van der Waals surface area contributed by atoms with Crippen LogP contribution in [0, 0.1) is 0 Å². The molecule has 1 N–H and O–H groups in total. The zero-order chi connectivity index (χ0) is 18.4. The minimum absolute atomic E-state index is 0.0348. The fourth-order valence-corrected chi connectivity index (χ4v) is 2.53. The van der Waals surface area contributed by atoms with Gasteiger partial charge in [-0.05, 0) is 38.7 Å². The summed E-state index contributed by atoms with van der Waals surface area (Å²) in [6, 6.07) is 3.98. The fraction of sp³-hybridized carbons (Fsp3) is 0.588. The van der Waals surface area contributed by atoms with E-state index in [-0.39, 0.29) is 18.3 Å². The molecule has 1 aromatic carbocycles. The van der Waals surface area contributed by atoms with Crippen LogP contribution in [0.2, 0.25) is 0 Å². The molecule has 1 aromatic rings. The molecule has 5 nitrogen and oxygen atoms in total. The normalized spacial score (nSPS) is 21.4. The van der Waals surface area contributed by atoms with E-state index in [1.165, 1.54) is 12.1 Å². The Morgan fingerprint density at radius 2 is 2.16 bits per heavy atom. The molecule has 8 heteroatoms. The van der Waals surface area contributed by atoms with E-state index < -0.39 is 23.7 Å². The number of likely N-dealkylation sites (N-methyl/N-ethyl adjacent to an activating group) is 1. The molecule has 0 bridgehead atoms. The van der Waals surface area contributed by atoms with Gasteiger partial charge in [-0.25, -0.2) is 0 Å². The number of carbonyl (C=O) groups is 1. The van der Waals surface area contributed by atoms with E-state index in [2.05, 4.69) is 5.32 Å². The first-order chi connectivity index (χ1) is 11.8. The summed E-state index contributed by atoms with van der Waals surface area (Å²) in [5.41, 5.74) is -0.883. The fourth-order valence-electron chi connectivity index (χ4n) is 2.53. The zero-order valence-corrected chi connectivity index (χ0v) is 14.3. The van der Waals surface area contributed by atoms with Crippen molar-refractivity contribution in [3.8, 4) is 0 Å². The standard InChI is InChI=1S/C17H23F3N2O3/c1-22(2)7-9-25-15-6-8-24-11-14(15)21-16(23)12-4-3-5-13(10-12)17(18,19)20/h3-5,10,14-15H,6-9,11H2,1-2H3,(H,21,23)/t14-,15+/m1/s1. The number of nitrogens with one attached hydrogen (secondary N) is 1. The number of amides is 1. The Labute approximate surface area is 145 Å². The minimum Gasteiger partial charge on any atom is -0.379 e. The lowest BCUT2D eigenvalue weighted by atomic mass is 10.0. The lowest BCUT2D eigenvalue weighted by molar-refractivity contribution is -0.137. The Balaban J connectivity index is 1.99. The lowest BCUT2D eigenvalue weighted by Crippen LogP contribution is -2.51. The summed E-state index contributed by atoms with van der Waals surface area (Å²) in [5, 5.41) is 2.73. The summed E-state index contributed by atoms with van der Waals surface area (Å²) in [6.07, 6.45) is -4.08. The van der Waals surface area contributed by atoms with Crippen LogP contribution >= 0.6 is 0 Å². The number of halogens is 3. The highest BCUT2D eigenvalue weighted by Crippen LogP contribution is 2.29. The summed E-state index contributed by atoms with van der Waals surface area (Å²) in [4.78, 5) is 14.3. The quantitative estimate of drug-likeness (QED) is 0.845. The number of nitrogens with zero attached hydrogens (tertiary/aromatic N) is 1. The van der Waals surface area contributed by atoms with Crippen molar-refractivity contribution in [1.29, 1.82) is 0 Å². The van der Waals surface area contributed by atoms with Crippen molar-refractivity contribution in [2.45, 2.75) is 24.7 Å². The van der Waals surface area contributed by atoms with E-state index in [0.29, 0.717) is 19.6 Å². The monoisotopic (exact) mass is 360 g/mol. The summed E-state index contributed by atoms with van der Waals surface area (Å²) in [6.45, 7) is 2.05. The van der Waals surface area contributed by atoms with Crippen molar-refractivity contribution in [2.75, 3.05) is 40.5 Å². The molecule has 2 rings (SSSR count). The van der Waals surface area contributed by atoms with Crippen LogP contribution in [0.25, 0.3) is 0 Å². The summed E-state index contributed by atoms with van der Waals surface area (Å²) in [7, 11) is 3.86. The Kier molecular flexibility index (Phi) is 6.80. The van der Waals surface area contributed by atoms with Crippen LogP contribution < -0.4 is 5.32 Å². The van der Waals surface area contributed by atoms with Crippen molar-refractivity contribution < 1.29 is 27.4 Å². The molecule has 1 heterocycles. The Hall–Kier alpha value is -1.64. The number of carbonyl (C=O) groups excluding carboxylic acids is 1. The first-order valence-corrected chi connectivity index (χ1v) is 8.09. The van der Waals surface area contributed by atoms with Gasteiger partial charge < -0.3 is 19.7 Å². The van der Waals surface area contributed by atoms with Gasteiger partial charge in [-0.2, -0.15) is 13.2 Å². The predicted octanol–water partition coefficient (Wildman–Crippen LogP) is 2.17. The third kappa shape index (κ3) is 5.98. The summed E-state index contributed by atoms with van der Waals surface area (Å²) < 4.78 is 49.5. The molecule has 0 aliphatic carbocycles. The number of benzene rings is 1. The van der Waals surface area contributed by atoms with E-state index in [1.807, 2.05) is 19.0 Å².